The van der Waals surface area contributed by atoms with Gasteiger partial charge >= 0.3 is 5.13 Å². The van der Waals surface area contributed by atoms with E-state index >= 15 is 0 Å². The lowest BCUT2D eigenvalue weighted by molar-refractivity contribution is -0.712. The molecular formula is C34H47Cl2N8O3S-. The lowest BCUT2D eigenvalue weighted by Gasteiger charge is -2.28. The first-order chi connectivity index (χ1) is 22.0. The predicted octanol–water partition coefficient (Wildman–Crippen LogP) is 1.62. The molecule has 4 aromatic rings. The monoisotopic (exact) mass is 717 g/mol. The van der Waals surface area contributed by atoms with Crippen LogP contribution in [-0.4, -0.2) is 51.5 Å². The van der Waals surface area contributed by atoms with E-state index < -0.39 is 0 Å². The number of rotatable bonds is 12. The molecule has 1 aromatic heterocycles. The van der Waals surface area contributed by atoms with Gasteiger partial charge in [0.05, 0.1) is 23.6 Å². The summed E-state index contributed by atoms with van der Waals surface area (Å²) in [5.74, 6) is 0.353. The van der Waals surface area contributed by atoms with E-state index in [-0.39, 0.29) is 30.7 Å². The summed E-state index contributed by atoms with van der Waals surface area (Å²) >= 11 is 1.46. The molecule has 0 aliphatic rings. The van der Waals surface area contributed by atoms with E-state index in [0.717, 1.165) is 22.9 Å². The smallest absolute Gasteiger partial charge is 0.431 e. The third-order valence-electron chi connectivity index (χ3n) is 6.78. The Bertz CT molecular complexity index is 1590. The predicted molar refractivity (Wildman–Crippen MR) is 189 cm³/mol. The second kappa shape index (κ2) is 20.4. The first kappa shape index (κ1) is 42.1. The molecule has 14 heteroatoms. The lowest BCUT2D eigenvalue weighted by Crippen LogP contribution is -3.00. The summed E-state index contributed by atoms with van der Waals surface area (Å²) in [4.78, 5) is 14.3. The Balaban J connectivity index is 0.00000222. The highest BCUT2D eigenvalue weighted by atomic mass is 35.5. The minimum absolute atomic E-state index is 0. The molecule has 0 saturated heterocycles. The van der Waals surface area contributed by atoms with Crippen molar-refractivity contribution in [2.24, 2.45) is 17.3 Å². The number of aryl methyl sites for hydroxylation is 1. The van der Waals surface area contributed by atoms with E-state index in [4.69, 9.17) is 4.74 Å². The number of methoxy groups -OCH3 is 2. The largest absolute Gasteiger partial charge is 1.00 e. The summed E-state index contributed by atoms with van der Waals surface area (Å²) in [5.41, 5.74) is 6.10. The average molecular weight is 719 g/mol. The Kier molecular flexibility index (Phi) is 17.9. The number of carbonyl (C=O) groups is 1. The number of halogens is 2. The molecule has 0 aliphatic heterocycles. The highest BCUT2D eigenvalue weighted by Gasteiger charge is 2.24. The zero-order valence-corrected chi connectivity index (χ0v) is 31.6. The van der Waals surface area contributed by atoms with Crippen LogP contribution in [0, 0.1) is 0 Å². The normalized spacial score (nSPS) is 10.5. The van der Waals surface area contributed by atoms with E-state index in [1.165, 1.54) is 29.4 Å². The Labute approximate surface area is 301 Å². The molecule has 0 atom stereocenters. The molecule has 11 nitrogen and oxygen atoms in total. The molecule has 0 spiro atoms. The topological polar surface area (TPSA) is 116 Å². The minimum Gasteiger partial charge on any atom is -1.00 e. The summed E-state index contributed by atoms with van der Waals surface area (Å²) in [6.45, 7) is 10.0. The molecule has 0 unspecified atom stereocenters. The number of nitrogens with zero attached hydrogens (tertiary/aromatic N) is 5. The molecule has 0 fully saturated rings. The van der Waals surface area contributed by atoms with Crippen LogP contribution in [0.3, 0.4) is 0 Å². The summed E-state index contributed by atoms with van der Waals surface area (Å²) < 4.78 is 11.7. The lowest BCUT2D eigenvalue weighted by atomic mass is 10.0. The van der Waals surface area contributed by atoms with Gasteiger partial charge in [-0.1, -0.05) is 29.4 Å². The van der Waals surface area contributed by atoms with Gasteiger partial charge in [0.25, 0.3) is 0 Å². The number of nitrogens with one attached hydrogen (secondary N) is 3. The van der Waals surface area contributed by atoms with Crippen LogP contribution in [0.25, 0.3) is 0 Å². The van der Waals surface area contributed by atoms with Gasteiger partial charge in [-0.25, -0.2) is 0 Å². The van der Waals surface area contributed by atoms with Crippen LogP contribution >= 0.6 is 11.3 Å². The fraction of sp³-hybridized carbons (Fsp3) is 0.382. The third kappa shape index (κ3) is 11.9. The standard InChI is InChI=1S/C32H40N8O2S.C2H6O.2ClH/c1-20(2)40(21(3)4)32-38-39(7)31(43-32)37-36-28-19-30(42-8)29(18-27(28)34-22(5)41)35-26-15-11-24(12-16-26)17-23-9-13-25(33-6)14-10-23;1-3-2;;/h9-16,18-21,33H,17H2,1-8H3,(H,34,35,41);1-2H3;2*1H/p-1. The fourth-order valence-corrected chi connectivity index (χ4v) is 5.87. The fourth-order valence-electron chi connectivity index (χ4n) is 4.76. The second-order valence-corrected chi connectivity index (χ2v) is 12.1. The highest BCUT2D eigenvalue weighted by Crippen LogP contribution is 2.39. The number of carbonyl (C=O) groups excluding carboxylic acids is 1. The maximum Gasteiger partial charge on any atom is 0.431 e. The molecule has 262 valence electrons. The number of hydrogen-bond acceptors (Lipinski definition) is 10. The van der Waals surface area contributed by atoms with Gasteiger partial charge in [-0.05, 0) is 92.0 Å². The first-order valence-electron chi connectivity index (χ1n) is 15.1. The van der Waals surface area contributed by atoms with Crippen LogP contribution in [0.1, 0.15) is 45.7 Å². The number of amides is 1. The maximum atomic E-state index is 12.1. The van der Waals surface area contributed by atoms with Crippen molar-refractivity contribution < 1.29 is 43.8 Å². The van der Waals surface area contributed by atoms with E-state index in [1.54, 1.807) is 32.1 Å². The van der Waals surface area contributed by atoms with Gasteiger partial charge in [0.1, 0.15) is 18.5 Å². The molecule has 0 saturated carbocycles. The molecule has 1 amide bonds. The molecule has 3 N–H and O–H groups in total. The van der Waals surface area contributed by atoms with Gasteiger partial charge in [-0.3, -0.25) is 4.79 Å². The van der Waals surface area contributed by atoms with E-state index in [9.17, 15) is 4.79 Å². The Hall–Kier alpha value is -3.97. The summed E-state index contributed by atoms with van der Waals surface area (Å²) in [6, 6.07) is 20.8. The molecule has 0 bridgehead atoms. The quantitative estimate of drug-likeness (QED) is 0.151. The van der Waals surface area contributed by atoms with Crippen molar-refractivity contribution in [2.75, 3.05) is 49.2 Å². The summed E-state index contributed by atoms with van der Waals surface area (Å²) in [7, 11) is 8.61. The number of hydrogen-bond donors (Lipinski definition) is 3. The van der Waals surface area contributed by atoms with Crippen molar-refractivity contribution in [3.05, 3.63) is 71.8 Å². The highest BCUT2D eigenvalue weighted by molar-refractivity contribution is 7.18. The van der Waals surface area contributed by atoms with Crippen LogP contribution in [0.2, 0.25) is 0 Å². The Morgan fingerprint density at radius 2 is 1.44 bits per heavy atom. The van der Waals surface area contributed by atoms with E-state index in [2.05, 4.69) is 105 Å². The van der Waals surface area contributed by atoms with Gasteiger partial charge in [0.2, 0.25) is 11.0 Å². The van der Waals surface area contributed by atoms with Gasteiger partial charge in [-0.2, -0.15) is 0 Å². The van der Waals surface area contributed by atoms with Crippen LogP contribution < -0.4 is 55.1 Å². The van der Waals surface area contributed by atoms with Gasteiger partial charge < -0.3 is 55.1 Å². The van der Waals surface area contributed by atoms with Gasteiger partial charge in [0.15, 0.2) is 0 Å². The second-order valence-electron chi connectivity index (χ2n) is 11.2. The van der Waals surface area contributed by atoms with Crippen molar-refractivity contribution in [2.45, 2.75) is 53.1 Å². The summed E-state index contributed by atoms with van der Waals surface area (Å²) in [6.07, 6.45) is 0.839. The number of benzene rings is 3. The Morgan fingerprint density at radius 1 is 0.896 bits per heavy atom. The SMILES string of the molecule is CNc1ccc(Cc2ccc(Nc3cc(NC(C)=O)c(N=Nc4sc(N(C(C)C)C(C)C)n[n+]4C)cc3OC)cc2)cc1.COC.[Cl-].[Cl-]. The third-order valence-corrected chi connectivity index (χ3v) is 7.79. The molecule has 0 radical (unpaired) electrons. The number of ether oxygens (including phenoxy) is 2. The van der Waals surface area contributed by atoms with Crippen LogP contribution in [0.4, 0.5) is 38.7 Å². The van der Waals surface area contributed by atoms with Crippen molar-refractivity contribution in [3.8, 4) is 5.75 Å². The molecule has 1 heterocycles. The van der Waals surface area contributed by atoms with Crippen LogP contribution in [0.15, 0.2) is 70.9 Å². The van der Waals surface area contributed by atoms with Crippen LogP contribution in [0.5, 0.6) is 5.75 Å². The summed E-state index contributed by atoms with van der Waals surface area (Å²) in [5, 5.41) is 24.6. The zero-order valence-electron chi connectivity index (χ0n) is 29.3. The maximum absolute atomic E-state index is 12.1. The average Bonchev–Trinajstić information content (AvgIpc) is 3.36. The van der Waals surface area contributed by atoms with E-state index in [0.29, 0.717) is 40.0 Å². The first-order valence-corrected chi connectivity index (χ1v) is 15.9. The molecule has 48 heavy (non-hydrogen) atoms. The molecular weight excluding hydrogens is 671 g/mol. The van der Waals surface area contributed by atoms with Crippen molar-refractivity contribution in [1.82, 2.24) is 5.10 Å². The number of anilines is 5. The van der Waals surface area contributed by atoms with E-state index in [1.807, 2.05) is 32.3 Å². The Morgan fingerprint density at radius 3 is 1.92 bits per heavy atom. The molecule has 0 aliphatic carbocycles. The van der Waals surface area contributed by atoms with Crippen LogP contribution in [-0.2, 0) is 23.0 Å². The van der Waals surface area contributed by atoms with Crippen molar-refractivity contribution >= 4 is 55.9 Å². The zero-order chi connectivity index (χ0) is 33.8. The number of aromatic nitrogens is 2. The van der Waals surface area contributed by atoms with Gasteiger partial charge in [0, 0.05) is 57.7 Å². The molecule has 4 rings (SSSR count). The molecule has 3 aromatic carbocycles. The number of azo groups is 1. The van der Waals surface area contributed by atoms with Gasteiger partial charge in [-0.15, -0.1) is 4.68 Å². The van der Waals surface area contributed by atoms with Crippen molar-refractivity contribution in [1.29, 1.82) is 0 Å². The minimum atomic E-state index is -0.213. The van der Waals surface area contributed by atoms with Crippen molar-refractivity contribution in [3.63, 3.8) is 0 Å².